The topological polar surface area (TPSA) is 160 Å². The molecule has 3 atom stereocenters. The minimum Gasteiger partial charge on any atom is -0.371 e. The number of carbonyl (C=O) groups is 1. The van der Waals surface area contributed by atoms with Crippen LogP contribution in [0.15, 0.2) is 30.0 Å². The van der Waals surface area contributed by atoms with Crippen LogP contribution in [0.3, 0.4) is 0 Å². The fourth-order valence-corrected chi connectivity index (χ4v) is 3.08. The van der Waals surface area contributed by atoms with Gasteiger partial charge >= 0.3 is 0 Å². The number of amides is 1. The van der Waals surface area contributed by atoms with Gasteiger partial charge in [0.25, 0.3) is 0 Å². The molecule has 0 aliphatic heterocycles. The summed E-state index contributed by atoms with van der Waals surface area (Å²) in [6.45, 7) is 1.73. The standard InChI is InChI=1S/C19H21N9O3/c1-4-11(18(29)21-3)14(27-31)19(30)28-10-24-15-16(20-2)25-13(26-17(15)28)7-6-12-22-8-5-9-23-12/h5,8-11,14,19,30H,4H2,1-3H3,(H,21,29)(H,20,25,26)/t11?,14-,19-/m1/s1. The fraction of sp³-hybridized carbons (Fsp3) is 0.368. The lowest BCUT2D eigenvalue weighted by Crippen LogP contribution is -2.39. The van der Waals surface area contributed by atoms with Gasteiger partial charge in [-0.25, -0.2) is 24.9 Å². The first-order valence-electron chi connectivity index (χ1n) is 9.47. The quantitative estimate of drug-likeness (QED) is 0.362. The number of carbonyl (C=O) groups excluding carboxylic acids is 1. The number of aliphatic hydroxyl groups is 1. The Morgan fingerprint density at radius 1 is 1.19 bits per heavy atom. The van der Waals surface area contributed by atoms with E-state index in [1.807, 2.05) is 0 Å². The summed E-state index contributed by atoms with van der Waals surface area (Å²) in [5, 5.41) is 19.3. The molecule has 31 heavy (non-hydrogen) atoms. The van der Waals surface area contributed by atoms with Gasteiger partial charge in [-0.05, 0) is 24.3 Å². The highest BCUT2D eigenvalue weighted by Crippen LogP contribution is 2.27. The molecule has 3 aromatic heterocycles. The average Bonchev–Trinajstić information content (AvgIpc) is 3.24. The molecule has 0 aliphatic carbocycles. The van der Waals surface area contributed by atoms with E-state index in [1.165, 1.54) is 17.9 Å². The summed E-state index contributed by atoms with van der Waals surface area (Å²) in [5.41, 5.74) is 0.589. The molecule has 3 rings (SSSR count). The maximum Gasteiger partial charge on any atom is 0.225 e. The van der Waals surface area contributed by atoms with E-state index < -0.39 is 24.1 Å². The zero-order valence-corrected chi connectivity index (χ0v) is 17.1. The summed E-state index contributed by atoms with van der Waals surface area (Å²) in [6.07, 6.45) is 3.28. The van der Waals surface area contributed by atoms with E-state index in [9.17, 15) is 14.8 Å². The number of hydrogen-bond donors (Lipinski definition) is 3. The first-order chi connectivity index (χ1) is 15.0. The smallest absolute Gasteiger partial charge is 0.225 e. The lowest BCUT2D eigenvalue weighted by atomic mass is 9.95. The van der Waals surface area contributed by atoms with Crippen molar-refractivity contribution in [3.05, 3.63) is 41.3 Å². The summed E-state index contributed by atoms with van der Waals surface area (Å²) in [5.74, 6) is 5.13. The lowest BCUT2D eigenvalue weighted by molar-refractivity contribution is -0.127. The Balaban J connectivity index is 2.06. The number of anilines is 1. The van der Waals surface area contributed by atoms with Crippen molar-refractivity contribution >= 4 is 22.9 Å². The number of nitrogens with zero attached hydrogens (tertiary/aromatic N) is 7. The predicted molar refractivity (Wildman–Crippen MR) is 112 cm³/mol. The van der Waals surface area contributed by atoms with Crippen LogP contribution in [0.5, 0.6) is 0 Å². The molecule has 3 N–H and O–H groups in total. The van der Waals surface area contributed by atoms with Crippen molar-refractivity contribution in [1.82, 2.24) is 34.8 Å². The Bertz CT molecular complexity index is 1140. The first kappa shape index (κ1) is 21.7. The number of nitrogens with one attached hydrogen (secondary N) is 2. The maximum absolute atomic E-state index is 12.1. The van der Waals surface area contributed by atoms with Crippen molar-refractivity contribution in [3.8, 4) is 11.8 Å². The van der Waals surface area contributed by atoms with Crippen molar-refractivity contribution in [2.45, 2.75) is 25.6 Å². The van der Waals surface area contributed by atoms with Gasteiger partial charge in [0.1, 0.15) is 6.04 Å². The van der Waals surface area contributed by atoms with Crippen LogP contribution in [-0.2, 0) is 4.79 Å². The highest BCUT2D eigenvalue weighted by Gasteiger charge is 2.35. The molecule has 0 saturated carbocycles. The van der Waals surface area contributed by atoms with Crippen LogP contribution in [0.1, 0.15) is 31.2 Å². The number of hydrogen-bond acceptors (Lipinski definition) is 10. The normalized spacial score (nSPS) is 13.5. The van der Waals surface area contributed by atoms with E-state index >= 15 is 0 Å². The SMILES string of the molecule is CCC(C(=O)NC)[C@@H](N=O)[C@@H](O)n1cnc2c(NC)nc(C#Cc3ncccn3)nc21. The monoisotopic (exact) mass is 423 g/mol. The van der Waals surface area contributed by atoms with Crippen molar-refractivity contribution < 1.29 is 9.90 Å². The van der Waals surface area contributed by atoms with E-state index in [0.717, 1.165) is 0 Å². The highest BCUT2D eigenvalue weighted by molar-refractivity contribution is 5.83. The second-order valence-electron chi connectivity index (χ2n) is 6.43. The van der Waals surface area contributed by atoms with Gasteiger partial charge in [0, 0.05) is 26.5 Å². The van der Waals surface area contributed by atoms with Gasteiger partial charge in [0.05, 0.1) is 12.2 Å². The maximum atomic E-state index is 12.1. The third-order valence-corrected chi connectivity index (χ3v) is 4.66. The lowest BCUT2D eigenvalue weighted by Gasteiger charge is -2.24. The van der Waals surface area contributed by atoms with Gasteiger partial charge in [-0.15, -0.1) is 0 Å². The van der Waals surface area contributed by atoms with Gasteiger partial charge in [-0.1, -0.05) is 12.1 Å². The Morgan fingerprint density at radius 2 is 1.90 bits per heavy atom. The van der Waals surface area contributed by atoms with Crippen molar-refractivity contribution in [2.24, 2.45) is 11.1 Å². The van der Waals surface area contributed by atoms with Crippen molar-refractivity contribution in [1.29, 1.82) is 0 Å². The minimum absolute atomic E-state index is 0.132. The number of rotatable bonds is 7. The summed E-state index contributed by atoms with van der Waals surface area (Å²) in [4.78, 5) is 44.6. The number of nitroso groups, excluding NO2 is 1. The molecule has 12 nitrogen and oxygen atoms in total. The molecule has 0 saturated heterocycles. The van der Waals surface area contributed by atoms with Crippen LogP contribution in [-0.4, -0.2) is 60.6 Å². The van der Waals surface area contributed by atoms with Crippen LogP contribution >= 0.6 is 0 Å². The van der Waals surface area contributed by atoms with Crippen molar-refractivity contribution in [3.63, 3.8) is 0 Å². The van der Waals surface area contributed by atoms with E-state index in [-0.39, 0.29) is 11.5 Å². The molecule has 12 heteroatoms. The minimum atomic E-state index is -1.47. The Labute approximate surface area is 177 Å². The first-order valence-corrected chi connectivity index (χ1v) is 9.47. The number of aromatic nitrogens is 6. The molecule has 160 valence electrons. The number of imidazole rings is 1. The van der Waals surface area contributed by atoms with Crippen LogP contribution in [0.4, 0.5) is 5.82 Å². The molecular weight excluding hydrogens is 402 g/mol. The van der Waals surface area contributed by atoms with E-state index in [1.54, 1.807) is 32.4 Å². The summed E-state index contributed by atoms with van der Waals surface area (Å²) in [7, 11) is 3.11. The molecule has 0 fully saturated rings. The summed E-state index contributed by atoms with van der Waals surface area (Å²) in [6, 6.07) is 0.426. The molecule has 0 spiro atoms. The zero-order chi connectivity index (χ0) is 22.4. The number of aliphatic hydroxyl groups excluding tert-OH is 1. The second-order valence-corrected chi connectivity index (χ2v) is 6.43. The zero-order valence-electron chi connectivity index (χ0n) is 17.1. The van der Waals surface area contributed by atoms with Gasteiger partial charge < -0.3 is 15.7 Å². The van der Waals surface area contributed by atoms with Gasteiger partial charge in [0.15, 0.2) is 23.2 Å². The average molecular weight is 423 g/mol. The Hall–Kier alpha value is -3.98. The van der Waals surface area contributed by atoms with Crippen LogP contribution in [0, 0.1) is 22.7 Å². The van der Waals surface area contributed by atoms with Gasteiger partial charge in [-0.2, -0.15) is 4.91 Å². The molecule has 1 amide bonds. The van der Waals surface area contributed by atoms with Gasteiger partial charge in [-0.3, -0.25) is 9.36 Å². The third kappa shape index (κ3) is 4.46. The molecule has 3 heterocycles. The van der Waals surface area contributed by atoms with E-state index in [2.05, 4.69) is 52.6 Å². The Kier molecular flexibility index (Phi) is 6.78. The van der Waals surface area contributed by atoms with Gasteiger partial charge in [0.2, 0.25) is 17.6 Å². The van der Waals surface area contributed by atoms with Crippen LogP contribution in [0.2, 0.25) is 0 Å². The summed E-state index contributed by atoms with van der Waals surface area (Å²) >= 11 is 0. The summed E-state index contributed by atoms with van der Waals surface area (Å²) < 4.78 is 1.28. The second kappa shape index (κ2) is 9.68. The van der Waals surface area contributed by atoms with Crippen LogP contribution in [0.25, 0.3) is 11.2 Å². The molecule has 3 aromatic rings. The fourth-order valence-electron chi connectivity index (χ4n) is 3.08. The molecule has 0 bridgehead atoms. The van der Waals surface area contributed by atoms with E-state index in [0.29, 0.717) is 23.6 Å². The number of fused-ring (bicyclic) bond motifs is 1. The highest BCUT2D eigenvalue weighted by atomic mass is 16.3. The molecule has 0 aromatic carbocycles. The van der Waals surface area contributed by atoms with Crippen LogP contribution < -0.4 is 10.6 Å². The van der Waals surface area contributed by atoms with E-state index in [4.69, 9.17) is 0 Å². The molecule has 0 aliphatic rings. The Morgan fingerprint density at radius 3 is 2.52 bits per heavy atom. The van der Waals surface area contributed by atoms with Crippen molar-refractivity contribution in [2.75, 3.05) is 19.4 Å². The predicted octanol–water partition coefficient (Wildman–Crippen LogP) is 0.456. The largest absolute Gasteiger partial charge is 0.371 e. The third-order valence-electron chi connectivity index (χ3n) is 4.66. The molecule has 1 unspecified atom stereocenters. The molecular formula is C19H21N9O3. The molecule has 0 radical (unpaired) electrons.